The number of piperidine rings is 1. The van der Waals surface area contributed by atoms with Crippen LogP contribution in [-0.2, 0) is 0 Å². The Labute approximate surface area is 123 Å². The summed E-state index contributed by atoms with van der Waals surface area (Å²) >= 11 is 0. The number of hydrogen-bond donors (Lipinski definition) is 0. The molecule has 0 spiro atoms. The van der Waals surface area contributed by atoms with Gasteiger partial charge in [0.05, 0.1) is 5.56 Å². The first-order valence-electron chi connectivity index (χ1n) is 7.64. The fraction of sp³-hybridized carbons (Fsp3) is 0.562. The molecule has 0 bridgehead atoms. The second-order valence-electron chi connectivity index (χ2n) is 5.89. The number of hydrogen-bond acceptors (Lipinski definition) is 2. The number of benzene rings is 1. The summed E-state index contributed by atoms with van der Waals surface area (Å²) in [6.45, 7) is 3.41. The third kappa shape index (κ3) is 2.93. The van der Waals surface area contributed by atoms with Crippen LogP contribution in [0.2, 0.25) is 0 Å². The average Bonchev–Trinajstić information content (AvgIpc) is 3.04. The maximum Gasteiger partial charge on any atom is 0.256 e. The molecular weight excluding hydrogens is 274 g/mol. The minimum absolute atomic E-state index is 0.155. The van der Waals surface area contributed by atoms with E-state index in [4.69, 9.17) is 0 Å². The lowest BCUT2D eigenvalue weighted by Gasteiger charge is -2.37. The molecule has 2 heterocycles. The summed E-state index contributed by atoms with van der Waals surface area (Å²) in [6, 6.07) is 4.14. The molecule has 3 nitrogen and oxygen atoms in total. The summed E-state index contributed by atoms with van der Waals surface area (Å²) in [4.78, 5) is 16.5. The van der Waals surface area contributed by atoms with E-state index in [1.54, 1.807) is 4.90 Å². The van der Waals surface area contributed by atoms with Crippen molar-refractivity contribution in [1.82, 2.24) is 9.80 Å². The van der Waals surface area contributed by atoms with Gasteiger partial charge in [-0.25, -0.2) is 8.78 Å². The van der Waals surface area contributed by atoms with Gasteiger partial charge in [0.1, 0.15) is 0 Å². The van der Waals surface area contributed by atoms with Crippen molar-refractivity contribution in [2.75, 3.05) is 26.2 Å². The highest BCUT2D eigenvalue weighted by atomic mass is 19.2. The summed E-state index contributed by atoms with van der Waals surface area (Å²) < 4.78 is 27.0. The lowest BCUT2D eigenvalue weighted by molar-refractivity contribution is 0.0602. The molecule has 1 amide bonds. The SMILES string of the molecule is O=C(c1cccc(F)c1F)N1CCCC(N2CCCC2)C1. The summed E-state index contributed by atoms with van der Waals surface area (Å²) in [5, 5.41) is 0. The topological polar surface area (TPSA) is 23.6 Å². The normalized spacial score (nSPS) is 23.5. The monoisotopic (exact) mass is 294 g/mol. The highest BCUT2D eigenvalue weighted by Gasteiger charge is 2.30. The molecule has 1 atom stereocenters. The second kappa shape index (κ2) is 6.10. The Morgan fingerprint density at radius 3 is 2.62 bits per heavy atom. The van der Waals surface area contributed by atoms with E-state index in [1.807, 2.05) is 0 Å². The van der Waals surface area contributed by atoms with Gasteiger partial charge in [-0.3, -0.25) is 9.69 Å². The molecule has 1 unspecified atom stereocenters. The predicted molar refractivity (Wildman–Crippen MR) is 76.1 cm³/mol. The van der Waals surface area contributed by atoms with Gasteiger partial charge in [0, 0.05) is 19.1 Å². The number of likely N-dealkylation sites (tertiary alicyclic amines) is 2. The van der Waals surface area contributed by atoms with Gasteiger partial charge in [-0.05, 0) is 50.9 Å². The van der Waals surface area contributed by atoms with E-state index in [1.165, 1.54) is 25.0 Å². The van der Waals surface area contributed by atoms with Crippen molar-refractivity contribution >= 4 is 5.91 Å². The Hall–Kier alpha value is -1.49. The molecule has 0 N–H and O–H groups in total. The molecular formula is C16H20F2N2O. The first-order chi connectivity index (χ1) is 10.2. The number of carbonyl (C=O) groups is 1. The van der Waals surface area contributed by atoms with Crippen LogP contribution in [0.15, 0.2) is 18.2 Å². The quantitative estimate of drug-likeness (QED) is 0.837. The Morgan fingerprint density at radius 1 is 1.10 bits per heavy atom. The highest BCUT2D eigenvalue weighted by molar-refractivity contribution is 5.94. The maximum atomic E-state index is 13.8. The second-order valence-corrected chi connectivity index (χ2v) is 5.89. The third-order valence-electron chi connectivity index (χ3n) is 4.52. The fourth-order valence-electron chi connectivity index (χ4n) is 3.38. The van der Waals surface area contributed by atoms with Crippen molar-refractivity contribution in [2.45, 2.75) is 31.7 Å². The molecule has 1 aromatic carbocycles. The predicted octanol–water partition coefficient (Wildman–Crippen LogP) is 2.67. The summed E-state index contributed by atoms with van der Waals surface area (Å²) in [5.74, 6) is -2.39. The first kappa shape index (κ1) is 14.4. The first-order valence-corrected chi connectivity index (χ1v) is 7.64. The zero-order valence-electron chi connectivity index (χ0n) is 12.0. The van der Waals surface area contributed by atoms with Crippen molar-refractivity contribution in [3.05, 3.63) is 35.4 Å². The Morgan fingerprint density at radius 2 is 1.86 bits per heavy atom. The van der Waals surface area contributed by atoms with Crippen LogP contribution in [-0.4, -0.2) is 47.9 Å². The van der Waals surface area contributed by atoms with Gasteiger partial charge >= 0.3 is 0 Å². The molecule has 2 saturated heterocycles. The van der Waals surface area contributed by atoms with Crippen molar-refractivity contribution in [1.29, 1.82) is 0 Å². The summed E-state index contributed by atoms with van der Waals surface area (Å²) in [7, 11) is 0. The molecule has 0 aliphatic carbocycles. The molecule has 2 fully saturated rings. The standard InChI is InChI=1S/C16H20F2N2O/c17-14-7-3-6-13(15(14)18)16(21)20-10-4-5-12(11-20)19-8-1-2-9-19/h3,6-7,12H,1-2,4-5,8-11H2. The molecule has 114 valence electrons. The third-order valence-corrected chi connectivity index (χ3v) is 4.52. The molecule has 2 aliphatic heterocycles. The van der Waals surface area contributed by atoms with E-state index in [0.29, 0.717) is 19.1 Å². The minimum atomic E-state index is -1.04. The van der Waals surface area contributed by atoms with Crippen LogP contribution < -0.4 is 0 Å². The number of amides is 1. The lowest BCUT2D eigenvalue weighted by atomic mass is 10.0. The van der Waals surface area contributed by atoms with Crippen LogP contribution in [0.1, 0.15) is 36.0 Å². The van der Waals surface area contributed by atoms with Crippen LogP contribution in [0.5, 0.6) is 0 Å². The van der Waals surface area contributed by atoms with Gasteiger partial charge in [0.2, 0.25) is 0 Å². The molecule has 0 radical (unpaired) electrons. The average molecular weight is 294 g/mol. The molecule has 2 aliphatic rings. The van der Waals surface area contributed by atoms with Crippen molar-refractivity contribution < 1.29 is 13.6 Å². The number of rotatable bonds is 2. The van der Waals surface area contributed by atoms with E-state index in [9.17, 15) is 13.6 Å². The fourth-order valence-corrected chi connectivity index (χ4v) is 3.38. The van der Waals surface area contributed by atoms with Crippen molar-refractivity contribution in [2.24, 2.45) is 0 Å². The number of carbonyl (C=O) groups excluding carboxylic acids is 1. The number of nitrogens with zero attached hydrogens (tertiary/aromatic N) is 2. The van der Waals surface area contributed by atoms with Crippen LogP contribution >= 0.6 is 0 Å². The van der Waals surface area contributed by atoms with Crippen LogP contribution in [0.3, 0.4) is 0 Å². The molecule has 3 rings (SSSR count). The summed E-state index contributed by atoms with van der Waals surface area (Å²) in [6.07, 6.45) is 4.42. The van der Waals surface area contributed by atoms with E-state index in [2.05, 4.69) is 4.90 Å². The van der Waals surface area contributed by atoms with Gasteiger partial charge in [-0.1, -0.05) is 6.07 Å². The molecule has 1 aromatic rings. The number of halogens is 2. The van der Waals surface area contributed by atoms with Crippen LogP contribution in [0, 0.1) is 11.6 Å². The Bertz CT molecular complexity index is 529. The molecule has 21 heavy (non-hydrogen) atoms. The highest BCUT2D eigenvalue weighted by Crippen LogP contribution is 2.22. The van der Waals surface area contributed by atoms with Gasteiger partial charge in [-0.2, -0.15) is 0 Å². The van der Waals surface area contributed by atoms with E-state index in [0.717, 1.165) is 32.0 Å². The summed E-state index contributed by atoms with van der Waals surface area (Å²) in [5.41, 5.74) is -0.155. The van der Waals surface area contributed by atoms with E-state index < -0.39 is 17.5 Å². The van der Waals surface area contributed by atoms with Gasteiger partial charge < -0.3 is 4.90 Å². The zero-order valence-corrected chi connectivity index (χ0v) is 12.0. The minimum Gasteiger partial charge on any atom is -0.337 e. The molecule has 5 heteroatoms. The zero-order chi connectivity index (χ0) is 14.8. The van der Waals surface area contributed by atoms with Gasteiger partial charge in [0.15, 0.2) is 11.6 Å². The Kier molecular flexibility index (Phi) is 4.19. The van der Waals surface area contributed by atoms with E-state index in [-0.39, 0.29) is 5.56 Å². The van der Waals surface area contributed by atoms with Gasteiger partial charge in [0.25, 0.3) is 5.91 Å². The van der Waals surface area contributed by atoms with Crippen molar-refractivity contribution in [3.8, 4) is 0 Å². The largest absolute Gasteiger partial charge is 0.337 e. The van der Waals surface area contributed by atoms with Crippen LogP contribution in [0.4, 0.5) is 8.78 Å². The lowest BCUT2D eigenvalue weighted by Crippen LogP contribution is -2.49. The van der Waals surface area contributed by atoms with Crippen molar-refractivity contribution in [3.63, 3.8) is 0 Å². The van der Waals surface area contributed by atoms with Gasteiger partial charge in [-0.15, -0.1) is 0 Å². The smallest absolute Gasteiger partial charge is 0.256 e. The maximum absolute atomic E-state index is 13.8. The molecule has 0 aromatic heterocycles. The van der Waals surface area contributed by atoms with Crippen LogP contribution in [0.25, 0.3) is 0 Å². The Balaban J connectivity index is 1.73. The van der Waals surface area contributed by atoms with E-state index >= 15 is 0 Å². The molecule has 0 saturated carbocycles.